The number of aryl methyl sites for hydroxylation is 2. The van der Waals surface area contributed by atoms with Gasteiger partial charge in [-0.05, 0) is 50.5 Å². The molecule has 5 heteroatoms. The molecule has 5 nitrogen and oxygen atoms in total. The standard InChI is InChI=1S/C16H23NO4/c1-5-16(4,15(19)20)17-14(18)8-9-21-13-7-6-11(2)12(3)10-13/h6-7,10H,5,8-9H2,1-4H3,(H,17,18)(H,19,20). The number of carbonyl (C=O) groups is 2. The molecule has 0 aromatic heterocycles. The largest absolute Gasteiger partial charge is 0.493 e. The van der Waals surface area contributed by atoms with Gasteiger partial charge in [0, 0.05) is 0 Å². The van der Waals surface area contributed by atoms with Crippen LogP contribution in [-0.2, 0) is 9.59 Å². The van der Waals surface area contributed by atoms with Crippen LogP contribution in [0.4, 0.5) is 0 Å². The van der Waals surface area contributed by atoms with E-state index in [0.717, 1.165) is 5.56 Å². The van der Waals surface area contributed by atoms with Crippen LogP contribution >= 0.6 is 0 Å². The molecular weight excluding hydrogens is 270 g/mol. The molecule has 2 N–H and O–H groups in total. The van der Waals surface area contributed by atoms with Crippen molar-refractivity contribution < 1.29 is 19.4 Å². The van der Waals surface area contributed by atoms with Crippen molar-refractivity contribution in [3.8, 4) is 5.75 Å². The van der Waals surface area contributed by atoms with Crippen molar-refractivity contribution in [3.05, 3.63) is 29.3 Å². The fourth-order valence-electron chi connectivity index (χ4n) is 1.73. The van der Waals surface area contributed by atoms with Gasteiger partial charge in [0.2, 0.25) is 5.91 Å². The normalized spacial score (nSPS) is 13.3. The molecule has 1 amide bonds. The first-order chi connectivity index (χ1) is 9.78. The maximum Gasteiger partial charge on any atom is 0.329 e. The highest BCUT2D eigenvalue weighted by Gasteiger charge is 2.32. The van der Waals surface area contributed by atoms with E-state index in [2.05, 4.69) is 5.32 Å². The van der Waals surface area contributed by atoms with Crippen molar-refractivity contribution in [1.29, 1.82) is 0 Å². The summed E-state index contributed by atoms with van der Waals surface area (Å²) >= 11 is 0. The van der Waals surface area contributed by atoms with E-state index in [-0.39, 0.29) is 18.9 Å². The van der Waals surface area contributed by atoms with Crippen LogP contribution in [0.25, 0.3) is 0 Å². The molecule has 1 unspecified atom stereocenters. The Hall–Kier alpha value is -2.04. The summed E-state index contributed by atoms with van der Waals surface area (Å²) in [6, 6.07) is 5.73. The Kier molecular flexibility index (Phi) is 5.76. The maximum absolute atomic E-state index is 11.8. The quantitative estimate of drug-likeness (QED) is 0.809. The number of rotatable bonds is 7. The number of carboxylic acid groups (broad SMARTS) is 1. The van der Waals surface area contributed by atoms with E-state index >= 15 is 0 Å². The van der Waals surface area contributed by atoms with Crippen LogP contribution < -0.4 is 10.1 Å². The fourth-order valence-corrected chi connectivity index (χ4v) is 1.73. The molecule has 0 radical (unpaired) electrons. The predicted octanol–water partition coefficient (Wildman–Crippen LogP) is 2.44. The van der Waals surface area contributed by atoms with Gasteiger partial charge in [0.05, 0.1) is 13.0 Å². The van der Waals surface area contributed by atoms with E-state index in [4.69, 9.17) is 9.84 Å². The van der Waals surface area contributed by atoms with Gasteiger partial charge in [0.25, 0.3) is 0 Å². The van der Waals surface area contributed by atoms with Crippen LogP contribution in [-0.4, -0.2) is 29.1 Å². The Morgan fingerprint density at radius 1 is 1.29 bits per heavy atom. The second-order valence-corrected chi connectivity index (χ2v) is 5.38. The highest BCUT2D eigenvalue weighted by Crippen LogP contribution is 2.16. The lowest BCUT2D eigenvalue weighted by Crippen LogP contribution is -2.51. The number of benzene rings is 1. The van der Waals surface area contributed by atoms with Crippen molar-refractivity contribution in [3.63, 3.8) is 0 Å². The zero-order valence-corrected chi connectivity index (χ0v) is 13.0. The van der Waals surface area contributed by atoms with Crippen molar-refractivity contribution in [1.82, 2.24) is 5.32 Å². The number of carbonyl (C=O) groups excluding carboxylic acids is 1. The molecule has 0 spiro atoms. The minimum Gasteiger partial charge on any atom is -0.493 e. The number of hydrogen-bond donors (Lipinski definition) is 2. The zero-order chi connectivity index (χ0) is 16.0. The van der Waals surface area contributed by atoms with Crippen LogP contribution in [0.15, 0.2) is 18.2 Å². The summed E-state index contributed by atoms with van der Waals surface area (Å²) in [5.41, 5.74) is 1.08. The Bertz CT molecular complexity index is 527. The first kappa shape index (κ1) is 17.0. The molecule has 1 rings (SSSR count). The van der Waals surface area contributed by atoms with Gasteiger partial charge >= 0.3 is 5.97 Å². The molecule has 0 saturated carbocycles. The van der Waals surface area contributed by atoms with Crippen LogP contribution in [0.5, 0.6) is 5.75 Å². The van der Waals surface area contributed by atoms with Crippen molar-refractivity contribution in [2.75, 3.05) is 6.61 Å². The molecule has 1 atom stereocenters. The average molecular weight is 293 g/mol. The van der Waals surface area contributed by atoms with Gasteiger partial charge in [0.1, 0.15) is 11.3 Å². The van der Waals surface area contributed by atoms with Gasteiger partial charge in [-0.3, -0.25) is 4.79 Å². The molecular formula is C16H23NO4. The topological polar surface area (TPSA) is 75.6 Å². The Labute approximate surface area is 125 Å². The molecule has 0 aliphatic rings. The SMILES string of the molecule is CCC(C)(NC(=O)CCOc1ccc(C)c(C)c1)C(=O)O. The van der Waals surface area contributed by atoms with Gasteiger partial charge in [-0.1, -0.05) is 13.0 Å². The first-order valence-corrected chi connectivity index (χ1v) is 7.03. The first-order valence-electron chi connectivity index (χ1n) is 7.03. The third kappa shape index (κ3) is 4.77. The molecule has 116 valence electrons. The molecule has 1 aromatic rings. The van der Waals surface area contributed by atoms with E-state index in [9.17, 15) is 9.59 Å². The number of aliphatic carboxylic acids is 1. The fraction of sp³-hybridized carbons (Fsp3) is 0.500. The molecule has 0 heterocycles. The predicted molar refractivity (Wildman–Crippen MR) is 80.5 cm³/mol. The summed E-state index contributed by atoms with van der Waals surface area (Å²) in [5.74, 6) is -0.651. The number of nitrogens with one attached hydrogen (secondary N) is 1. The van der Waals surface area contributed by atoms with E-state index in [0.29, 0.717) is 12.2 Å². The van der Waals surface area contributed by atoms with Crippen LogP contribution in [0.1, 0.15) is 37.8 Å². The van der Waals surface area contributed by atoms with Crippen molar-refractivity contribution >= 4 is 11.9 Å². The number of carboxylic acids is 1. The van der Waals surface area contributed by atoms with Gasteiger partial charge in [-0.15, -0.1) is 0 Å². The van der Waals surface area contributed by atoms with Crippen molar-refractivity contribution in [2.45, 2.75) is 46.1 Å². The maximum atomic E-state index is 11.8. The number of ether oxygens (including phenoxy) is 1. The van der Waals surface area contributed by atoms with Gasteiger partial charge in [0.15, 0.2) is 0 Å². The van der Waals surface area contributed by atoms with Gasteiger partial charge < -0.3 is 15.2 Å². The third-order valence-electron chi connectivity index (χ3n) is 3.67. The smallest absolute Gasteiger partial charge is 0.329 e. The van der Waals surface area contributed by atoms with E-state index in [1.165, 1.54) is 12.5 Å². The number of amides is 1. The summed E-state index contributed by atoms with van der Waals surface area (Å²) in [6.07, 6.45) is 0.446. The van der Waals surface area contributed by atoms with Crippen LogP contribution in [0.2, 0.25) is 0 Å². The molecule has 0 aliphatic heterocycles. The van der Waals surface area contributed by atoms with E-state index < -0.39 is 11.5 Å². The monoisotopic (exact) mass is 293 g/mol. The van der Waals surface area contributed by atoms with Crippen molar-refractivity contribution in [2.24, 2.45) is 0 Å². The third-order valence-corrected chi connectivity index (χ3v) is 3.67. The second-order valence-electron chi connectivity index (χ2n) is 5.38. The summed E-state index contributed by atoms with van der Waals surface area (Å²) in [5, 5.41) is 11.6. The Morgan fingerprint density at radius 3 is 2.48 bits per heavy atom. The molecule has 0 aliphatic carbocycles. The van der Waals surface area contributed by atoms with Crippen LogP contribution in [0.3, 0.4) is 0 Å². The van der Waals surface area contributed by atoms with Gasteiger partial charge in [-0.2, -0.15) is 0 Å². The average Bonchev–Trinajstić information content (AvgIpc) is 2.42. The second kappa shape index (κ2) is 7.11. The Morgan fingerprint density at radius 2 is 1.95 bits per heavy atom. The summed E-state index contributed by atoms with van der Waals surface area (Å²) in [7, 11) is 0. The highest BCUT2D eigenvalue weighted by molar-refractivity contribution is 5.86. The molecule has 0 bridgehead atoms. The lowest BCUT2D eigenvalue weighted by molar-refractivity contribution is -0.147. The Balaban J connectivity index is 2.46. The van der Waals surface area contributed by atoms with E-state index in [1.807, 2.05) is 32.0 Å². The summed E-state index contributed by atoms with van der Waals surface area (Å²) < 4.78 is 5.51. The number of hydrogen-bond acceptors (Lipinski definition) is 3. The summed E-state index contributed by atoms with van der Waals surface area (Å²) in [4.78, 5) is 22.9. The lowest BCUT2D eigenvalue weighted by Gasteiger charge is -2.24. The van der Waals surface area contributed by atoms with E-state index in [1.54, 1.807) is 6.92 Å². The lowest BCUT2D eigenvalue weighted by atomic mass is 9.99. The molecule has 0 saturated heterocycles. The zero-order valence-electron chi connectivity index (χ0n) is 13.0. The molecule has 0 fully saturated rings. The van der Waals surface area contributed by atoms with Gasteiger partial charge in [-0.25, -0.2) is 4.79 Å². The molecule has 21 heavy (non-hydrogen) atoms. The molecule has 1 aromatic carbocycles. The highest BCUT2D eigenvalue weighted by atomic mass is 16.5. The van der Waals surface area contributed by atoms with Crippen LogP contribution in [0, 0.1) is 13.8 Å². The minimum absolute atomic E-state index is 0.121. The summed E-state index contributed by atoms with van der Waals surface area (Å²) in [6.45, 7) is 7.45. The minimum atomic E-state index is -1.22.